The quantitative estimate of drug-likeness (QED) is 0.895. The Bertz CT molecular complexity index is 820. The van der Waals surface area contributed by atoms with Crippen LogP contribution in [0.15, 0.2) is 36.9 Å². The first-order chi connectivity index (χ1) is 12.6. The molecule has 4 aliphatic carbocycles. The summed E-state index contributed by atoms with van der Waals surface area (Å²) in [6.45, 7) is 0.492. The van der Waals surface area contributed by atoms with Crippen molar-refractivity contribution >= 4 is 17.5 Å². The summed E-state index contributed by atoms with van der Waals surface area (Å²) in [6.07, 6.45) is 9.87. The molecule has 4 saturated carbocycles. The number of nitrogens with one attached hydrogen (secondary N) is 1. The molecule has 1 aromatic carbocycles. The minimum absolute atomic E-state index is 0.0255. The molecule has 1 aromatic heterocycles. The van der Waals surface area contributed by atoms with Gasteiger partial charge < -0.3 is 5.32 Å². The van der Waals surface area contributed by atoms with Crippen molar-refractivity contribution in [3.8, 4) is 0 Å². The van der Waals surface area contributed by atoms with Crippen molar-refractivity contribution in [2.24, 2.45) is 17.3 Å². The maximum absolute atomic E-state index is 13.3. The zero-order valence-electron chi connectivity index (χ0n) is 14.7. The second-order valence-electron chi connectivity index (χ2n) is 8.58. The van der Waals surface area contributed by atoms with Gasteiger partial charge >= 0.3 is 0 Å². The Balaban J connectivity index is 1.40. The Morgan fingerprint density at radius 3 is 2.69 bits per heavy atom. The van der Waals surface area contributed by atoms with E-state index in [-0.39, 0.29) is 16.9 Å². The minimum Gasteiger partial charge on any atom is -0.351 e. The molecule has 0 spiro atoms. The average molecular weight is 371 g/mol. The van der Waals surface area contributed by atoms with Crippen LogP contribution in [0, 0.1) is 17.3 Å². The van der Waals surface area contributed by atoms with Crippen molar-refractivity contribution in [1.82, 2.24) is 20.1 Å². The Morgan fingerprint density at radius 1 is 1.23 bits per heavy atom. The Labute approximate surface area is 158 Å². The minimum atomic E-state index is -0.267. The largest absolute Gasteiger partial charge is 0.351 e. The van der Waals surface area contributed by atoms with E-state index in [0.717, 1.165) is 37.7 Å². The number of hydrogen-bond donors (Lipinski definition) is 1. The SMILES string of the molecule is O=C(NCc1ccccc1Cl)C12C[C@@H]3C[C@@H](C1)CC(n1cncn1)(C3)C2. The van der Waals surface area contributed by atoms with Crippen molar-refractivity contribution in [3.63, 3.8) is 0 Å². The number of hydrogen-bond acceptors (Lipinski definition) is 3. The first-order valence-corrected chi connectivity index (χ1v) is 9.83. The van der Waals surface area contributed by atoms with Crippen molar-refractivity contribution < 1.29 is 4.79 Å². The van der Waals surface area contributed by atoms with Gasteiger partial charge in [0.1, 0.15) is 12.7 Å². The van der Waals surface area contributed by atoms with Gasteiger partial charge in [0, 0.05) is 11.6 Å². The lowest BCUT2D eigenvalue weighted by Crippen LogP contribution is -2.61. The molecule has 4 fully saturated rings. The average Bonchev–Trinajstić information content (AvgIpc) is 3.15. The van der Waals surface area contributed by atoms with Crippen LogP contribution in [0.25, 0.3) is 0 Å². The highest BCUT2D eigenvalue weighted by atomic mass is 35.5. The number of halogens is 1. The molecule has 0 aliphatic heterocycles. The molecule has 2 aromatic rings. The number of benzene rings is 1. The van der Waals surface area contributed by atoms with Crippen LogP contribution in [0.1, 0.15) is 44.1 Å². The number of carbonyl (C=O) groups excluding carboxylic acids is 1. The first-order valence-electron chi connectivity index (χ1n) is 9.45. The van der Waals surface area contributed by atoms with Crippen LogP contribution in [0.3, 0.4) is 0 Å². The first kappa shape index (κ1) is 16.3. The predicted octanol–water partition coefficient (Wildman–Crippen LogP) is 3.54. The summed E-state index contributed by atoms with van der Waals surface area (Å²) in [7, 11) is 0. The molecule has 26 heavy (non-hydrogen) atoms. The van der Waals surface area contributed by atoms with Crippen LogP contribution in [-0.2, 0) is 16.9 Å². The highest BCUT2D eigenvalue weighted by molar-refractivity contribution is 6.31. The van der Waals surface area contributed by atoms with Gasteiger partial charge in [-0.1, -0.05) is 29.8 Å². The molecule has 5 nitrogen and oxygen atoms in total. The third kappa shape index (κ3) is 2.48. The van der Waals surface area contributed by atoms with E-state index in [4.69, 9.17) is 11.6 Å². The van der Waals surface area contributed by atoms with Crippen LogP contribution >= 0.6 is 11.6 Å². The second-order valence-corrected chi connectivity index (χ2v) is 8.99. The topological polar surface area (TPSA) is 59.8 Å². The fraction of sp³-hybridized carbons (Fsp3) is 0.550. The van der Waals surface area contributed by atoms with Gasteiger partial charge in [0.15, 0.2) is 0 Å². The summed E-state index contributed by atoms with van der Waals surface area (Å²) in [6, 6.07) is 7.71. The monoisotopic (exact) mass is 370 g/mol. The van der Waals surface area contributed by atoms with E-state index in [1.165, 1.54) is 6.42 Å². The van der Waals surface area contributed by atoms with E-state index >= 15 is 0 Å². The number of nitrogens with zero attached hydrogens (tertiary/aromatic N) is 3. The van der Waals surface area contributed by atoms with E-state index < -0.39 is 0 Å². The van der Waals surface area contributed by atoms with E-state index in [1.807, 2.05) is 35.3 Å². The molecular weight excluding hydrogens is 348 g/mol. The maximum Gasteiger partial charge on any atom is 0.226 e. The molecule has 136 valence electrons. The second kappa shape index (κ2) is 5.81. The van der Waals surface area contributed by atoms with Crippen LogP contribution in [0.5, 0.6) is 0 Å². The van der Waals surface area contributed by atoms with Crippen molar-refractivity contribution in [3.05, 3.63) is 47.5 Å². The van der Waals surface area contributed by atoms with Gasteiger partial charge in [-0.3, -0.25) is 4.79 Å². The standard InChI is InChI=1S/C20H23ClN4O/c21-17-4-2-1-3-16(17)10-23-18(26)19-6-14-5-15(7-19)9-20(8-14,11-19)25-13-22-12-24-25/h1-4,12-15H,5-11H2,(H,23,26)/t14-,15-,19?,20?/m0/s1. The summed E-state index contributed by atoms with van der Waals surface area (Å²) >= 11 is 6.25. The van der Waals surface area contributed by atoms with Gasteiger partial charge in [0.2, 0.25) is 5.91 Å². The smallest absolute Gasteiger partial charge is 0.226 e. The molecule has 6 heteroatoms. The molecule has 1 amide bonds. The predicted molar refractivity (Wildman–Crippen MR) is 98.4 cm³/mol. The zero-order valence-corrected chi connectivity index (χ0v) is 15.5. The van der Waals surface area contributed by atoms with E-state index in [1.54, 1.807) is 6.33 Å². The Kier molecular flexibility index (Phi) is 3.64. The summed E-state index contributed by atoms with van der Waals surface area (Å²) in [4.78, 5) is 17.5. The Morgan fingerprint density at radius 2 is 2.00 bits per heavy atom. The van der Waals surface area contributed by atoms with Gasteiger partial charge in [-0.05, 0) is 62.0 Å². The van der Waals surface area contributed by atoms with E-state index in [0.29, 0.717) is 23.4 Å². The van der Waals surface area contributed by atoms with Gasteiger partial charge in [-0.2, -0.15) is 5.10 Å². The highest BCUT2D eigenvalue weighted by Crippen LogP contribution is 2.64. The van der Waals surface area contributed by atoms with Gasteiger partial charge in [-0.15, -0.1) is 0 Å². The lowest BCUT2D eigenvalue weighted by atomic mass is 9.46. The third-order valence-corrected chi connectivity index (χ3v) is 7.18. The molecule has 1 heterocycles. The zero-order chi connectivity index (χ0) is 17.8. The fourth-order valence-corrected chi connectivity index (χ4v) is 6.41. The van der Waals surface area contributed by atoms with Gasteiger partial charge in [0.25, 0.3) is 0 Å². The molecule has 4 aliphatic rings. The lowest BCUT2D eigenvalue weighted by molar-refractivity contribution is -0.156. The summed E-state index contributed by atoms with van der Waals surface area (Å²) in [5, 5.41) is 8.35. The van der Waals surface area contributed by atoms with E-state index in [2.05, 4.69) is 15.4 Å². The fourth-order valence-electron chi connectivity index (χ4n) is 6.21. The normalized spacial score (nSPS) is 34.8. The van der Waals surface area contributed by atoms with Crippen LogP contribution < -0.4 is 5.32 Å². The van der Waals surface area contributed by atoms with E-state index in [9.17, 15) is 4.79 Å². The van der Waals surface area contributed by atoms with Gasteiger partial charge in [-0.25, -0.2) is 9.67 Å². The Hall–Kier alpha value is -1.88. The summed E-state index contributed by atoms with van der Waals surface area (Å²) in [5.41, 5.74) is 0.679. The molecule has 0 unspecified atom stereocenters. The van der Waals surface area contributed by atoms with Crippen LogP contribution in [0.2, 0.25) is 5.02 Å². The molecule has 0 saturated heterocycles. The maximum atomic E-state index is 13.3. The summed E-state index contributed by atoms with van der Waals surface area (Å²) < 4.78 is 2.04. The molecule has 0 radical (unpaired) electrons. The van der Waals surface area contributed by atoms with Crippen molar-refractivity contribution in [2.75, 3.05) is 0 Å². The number of amides is 1. The van der Waals surface area contributed by atoms with Crippen molar-refractivity contribution in [1.29, 1.82) is 0 Å². The molecule has 1 N–H and O–H groups in total. The van der Waals surface area contributed by atoms with Crippen molar-refractivity contribution in [2.45, 2.75) is 50.6 Å². The van der Waals surface area contributed by atoms with Crippen LogP contribution in [-0.4, -0.2) is 20.7 Å². The highest BCUT2D eigenvalue weighted by Gasteiger charge is 2.61. The molecule has 2 atom stereocenters. The lowest BCUT2D eigenvalue weighted by Gasteiger charge is -2.60. The number of rotatable bonds is 4. The molecule has 4 bridgehead atoms. The van der Waals surface area contributed by atoms with Gasteiger partial charge in [0.05, 0.1) is 11.0 Å². The molecular formula is C20H23ClN4O. The number of carbonyl (C=O) groups is 1. The molecule has 6 rings (SSSR count). The number of aromatic nitrogens is 3. The third-order valence-electron chi connectivity index (χ3n) is 6.81. The summed E-state index contributed by atoms with van der Waals surface area (Å²) in [5.74, 6) is 1.43. The van der Waals surface area contributed by atoms with Crippen LogP contribution in [0.4, 0.5) is 0 Å².